The Kier molecular flexibility index (Phi) is 7.20. The number of likely N-dealkylation sites (N-methyl/N-ethyl adjacent to an activating group) is 1. The molecule has 2 aromatic rings. The summed E-state index contributed by atoms with van der Waals surface area (Å²) in [7, 11) is 1.63. The number of amides is 3. The summed E-state index contributed by atoms with van der Waals surface area (Å²) < 4.78 is 19.5. The second-order valence-corrected chi connectivity index (χ2v) is 8.85. The number of fused-ring (bicyclic) bond motifs is 1. The van der Waals surface area contributed by atoms with Gasteiger partial charge >= 0.3 is 6.09 Å². The number of ether oxygens (including phenoxy) is 1. The van der Waals surface area contributed by atoms with Gasteiger partial charge in [0.2, 0.25) is 5.91 Å². The Morgan fingerprint density at radius 1 is 1.18 bits per heavy atom. The lowest BCUT2D eigenvalue weighted by Crippen LogP contribution is -2.56. The minimum atomic E-state index is -1.15. The van der Waals surface area contributed by atoms with E-state index in [1.807, 2.05) is 18.2 Å². The molecule has 0 unspecified atom stereocenters. The number of hydrogen-bond donors (Lipinski definition) is 3. The summed E-state index contributed by atoms with van der Waals surface area (Å²) in [5.41, 5.74) is 0.927. The van der Waals surface area contributed by atoms with Crippen LogP contribution in [0.1, 0.15) is 26.3 Å². The highest BCUT2D eigenvalue weighted by Crippen LogP contribution is 2.27. The molecule has 33 heavy (non-hydrogen) atoms. The quantitative estimate of drug-likeness (QED) is 0.643. The van der Waals surface area contributed by atoms with Crippen molar-refractivity contribution < 1.29 is 23.5 Å². The Bertz CT molecular complexity index is 1040. The fraction of sp³-hybridized carbons (Fsp3) is 0.375. The third kappa shape index (κ3) is 6.21. The van der Waals surface area contributed by atoms with E-state index < -0.39 is 35.5 Å². The van der Waals surface area contributed by atoms with E-state index in [1.54, 1.807) is 46.0 Å². The van der Waals surface area contributed by atoms with Crippen LogP contribution in [0.5, 0.6) is 0 Å². The first kappa shape index (κ1) is 24.0. The fourth-order valence-electron chi connectivity index (χ4n) is 3.50. The number of benzene rings is 2. The van der Waals surface area contributed by atoms with Gasteiger partial charge in [-0.2, -0.15) is 0 Å². The molecule has 0 saturated carbocycles. The van der Waals surface area contributed by atoms with Gasteiger partial charge in [0.15, 0.2) is 0 Å². The topological polar surface area (TPSA) is 99.8 Å². The monoisotopic (exact) mass is 456 g/mol. The Morgan fingerprint density at radius 2 is 1.85 bits per heavy atom. The van der Waals surface area contributed by atoms with Crippen molar-refractivity contribution in [3.63, 3.8) is 0 Å². The van der Waals surface area contributed by atoms with Gasteiger partial charge in [0, 0.05) is 20.0 Å². The lowest BCUT2D eigenvalue weighted by Gasteiger charge is -2.26. The molecule has 0 saturated heterocycles. The van der Waals surface area contributed by atoms with Gasteiger partial charge in [-0.05, 0) is 44.5 Å². The number of carbonyl (C=O) groups is 3. The van der Waals surface area contributed by atoms with Crippen LogP contribution >= 0.6 is 0 Å². The molecular formula is C24H29FN4O4. The van der Waals surface area contributed by atoms with Crippen LogP contribution in [-0.4, -0.2) is 49.2 Å². The lowest BCUT2D eigenvalue weighted by molar-refractivity contribution is -0.128. The largest absolute Gasteiger partial charge is 0.444 e. The molecule has 176 valence electrons. The first-order chi connectivity index (χ1) is 15.5. The number of carbonyl (C=O) groups excluding carboxylic acids is 3. The van der Waals surface area contributed by atoms with E-state index in [4.69, 9.17) is 4.74 Å². The third-order valence-electron chi connectivity index (χ3n) is 5.10. The molecule has 8 nitrogen and oxygen atoms in total. The van der Waals surface area contributed by atoms with Crippen molar-refractivity contribution in [3.05, 3.63) is 59.9 Å². The second kappa shape index (κ2) is 9.89. The van der Waals surface area contributed by atoms with Gasteiger partial charge in [-0.1, -0.05) is 30.3 Å². The number of rotatable bonds is 5. The normalized spacial score (nSPS) is 16.7. The molecule has 0 aromatic heterocycles. The highest BCUT2D eigenvalue weighted by atomic mass is 19.1. The number of halogens is 1. The minimum absolute atomic E-state index is 0.109. The summed E-state index contributed by atoms with van der Waals surface area (Å²) in [5.74, 6) is -1.44. The molecule has 9 heteroatoms. The van der Waals surface area contributed by atoms with Crippen molar-refractivity contribution in [1.82, 2.24) is 10.6 Å². The molecule has 0 aliphatic carbocycles. The van der Waals surface area contributed by atoms with Crippen LogP contribution in [0.25, 0.3) is 0 Å². The number of nitrogens with one attached hydrogen (secondary N) is 3. The van der Waals surface area contributed by atoms with Gasteiger partial charge in [0.1, 0.15) is 23.5 Å². The zero-order valence-electron chi connectivity index (χ0n) is 19.1. The van der Waals surface area contributed by atoms with Crippen LogP contribution in [0.3, 0.4) is 0 Å². The summed E-state index contributed by atoms with van der Waals surface area (Å²) >= 11 is 0. The summed E-state index contributed by atoms with van der Waals surface area (Å²) in [6.07, 6.45) is -0.920. The van der Waals surface area contributed by atoms with Crippen LogP contribution in [-0.2, 0) is 20.7 Å². The molecule has 2 aromatic carbocycles. The van der Waals surface area contributed by atoms with Crippen LogP contribution in [0, 0.1) is 5.82 Å². The molecule has 2 atom stereocenters. The first-order valence-corrected chi connectivity index (χ1v) is 10.7. The molecule has 1 heterocycles. The predicted octanol–water partition coefficient (Wildman–Crippen LogP) is 2.83. The molecule has 0 spiro atoms. The average molecular weight is 457 g/mol. The molecule has 1 aliphatic heterocycles. The fourth-order valence-corrected chi connectivity index (χ4v) is 3.50. The van der Waals surface area contributed by atoms with Crippen molar-refractivity contribution in [2.24, 2.45) is 0 Å². The molecule has 0 bridgehead atoms. The highest BCUT2D eigenvalue weighted by molar-refractivity contribution is 6.03. The van der Waals surface area contributed by atoms with Gasteiger partial charge in [-0.15, -0.1) is 0 Å². The average Bonchev–Trinajstić information content (AvgIpc) is 2.86. The number of anilines is 2. The van der Waals surface area contributed by atoms with E-state index in [0.717, 1.165) is 5.69 Å². The molecule has 0 fully saturated rings. The number of alkyl carbamates (subject to hydrolysis) is 1. The first-order valence-electron chi connectivity index (χ1n) is 10.7. The van der Waals surface area contributed by atoms with Crippen molar-refractivity contribution in [2.45, 2.75) is 44.9 Å². The summed E-state index contributed by atoms with van der Waals surface area (Å²) in [4.78, 5) is 40.0. The second-order valence-electron chi connectivity index (χ2n) is 8.85. The Balaban J connectivity index is 1.78. The van der Waals surface area contributed by atoms with Crippen LogP contribution in [0.15, 0.2) is 48.5 Å². The van der Waals surface area contributed by atoms with E-state index in [2.05, 4.69) is 16.0 Å². The van der Waals surface area contributed by atoms with E-state index >= 15 is 0 Å². The lowest BCUT2D eigenvalue weighted by atomic mass is 10.0. The van der Waals surface area contributed by atoms with Gasteiger partial charge in [0.25, 0.3) is 5.91 Å². The van der Waals surface area contributed by atoms with Crippen molar-refractivity contribution in [2.75, 3.05) is 23.8 Å². The number of nitrogens with zero attached hydrogens (tertiary/aromatic N) is 1. The Hall–Kier alpha value is -3.62. The standard InChI is InChI=1S/C24H29FN4O4/c1-24(2,3)33-23(32)28-18(13-15-9-5-6-10-16(15)25)21(30)27-19-14-26-17-11-7-8-12-20(17)29(4)22(19)31/h5-12,18-19,26H,13-14H2,1-4H3,(H,27,30)(H,28,32)/t18-,19-/m1/s1. The summed E-state index contributed by atoms with van der Waals surface area (Å²) in [6.45, 7) is 5.25. The number of para-hydroxylation sites is 2. The van der Waals surface area contributed by atoms with E-state index in [-0.39, 0.29) is 24.4 Å². The zero-order chi connectivity index (χ0) is 24.2. The van der Waals surface area contributed by atoms with Gasteiger partial charge < -0.3 is 25.6 Å². The van der Waals surface area contributed by atoms with Gasteiger partial charge in [-0.3, -0.25) is 9.59 Å². The Labute approximate surface area is 192 Å². The maximum Gasteiger partial charge on any atom is 0.408 e. The maximum absolute atomic E-state index is 14.3. The van der Waals surface area contributed by atoms with Gasteiger partial charge in [0.05, 0.1) is 11.4 Å². The molecule has 3 rings (SSSR count). The van der Waals surface area contributed by atoms with Crippen LogP contribution in [0.4, 0.5) is 20.6 Å². The van der Waals surface area contributed by atoms with E-state index in [1.165, 1.54) is 17.0 Å². The van der Waals surface area contributed by atoms with Crippen LogP contribution in [0.2, 0.25) is 0 Å². The number of hydrogen-bond acceptors (Lipinski definition) is 5. The molecular weight excluding hydrogens is 427 g/mol. The van der Waals surface area contributed by atoms with E-state index in [9.17, 15) is 18.8 Å². The van der Waals surface area contributed by atoms with Crippen molar-refractivity contribution >= 4 is 29.3 Å². The maximum atomic E-state index is 14.3. The molecule has 0 radical (unpaired) electrons. The Morgan fingerprint density at radius 3 is 2.55 bits per heavy atom. The smallest absolute Gasteiger partial charge is 0.408 e. The third-order valence-corrected chi connectivity index (χ3v) is 5.10. The van der Waals surface area contributed by atoms with Crippen molar-refractivity contribution in [1.29, 1.82) is 0 Å². The molecule has 3 amide bonds. The SMILES string of the molecule is CN1C(=O)[C@H](NC(=O)[C@@H](Cc2ccccc2F)NC(=O)OC(C)(C)C)CNc2ccccc21. The molecule has 3 N–H and O–H groups in total. The summed E-state index contributed by atoms with van der Waals surface area (Å²) in [6, 6.07) is 11.3. The van der Waals surface area contributed by atoms with Crippen LogP contribution < -0.4 is 20.9 Å². The molecule has 1 aliphatic rings. The zero-order valence-corrected chi connectivity index (χ0v) is 19.1. The van der Waals surface area contributed by atoms with Crippen molar-refractivity contribution in [3.8, 4) is 0 Å². The van der Waals surface area contributed by atoms with E-state index in [0.29, 0.717) is 5.69 Å². The highest BCUT2D eigenvalue weighted by Gasteiger charge is 2.32. The minimum Gasteiger partial charge on any atom is -0.444 e. The predicted molar refractivity (Wildman–Crippen MR) is 124 cm³/mol. The summed E-state index contributed by atoms with van der Waals surface area (Å²) in [5, 5.41) is 8.37. The van der Waals surface area contributed by atoms with Gasteiger partial charge in [-0.25, -0.2) is 9.18 Å².